The fourth-order valence-electron chi connectivity index (χ4n) is 1.53. The van der Waals surface area contributed by atoms with Gasteiger partial charge in [0.15, 0.2) is 0 Å². The lowest BCUT2D eigenvalue weighted by Crippen LogP contribution is -2.08. The monoisotopic (exact) mass is 193 g/mol. The Morgan fingerprint density at radius 3 is 2.14 bits per heavy atom. The predicted octanol–water partition coefficient (Wildman–Crippen LogP) is 2.85. The van der Waals surface area contributed by atoms with E-state index in [1.165, 1.54) is 11.3 Å². The number of methoxy groups -OCH3 is 1. The van der Waals surface area contributed by atoms with Crippen molar-refractivity contribution >= 4 is 5.69 Å². The van der Waals surface area contributed by atoms with Crippen molar-refractivity contribution in [3.63, 3.8) is 0 Å². The molecule has 0 fully saturated rings. The smallest absolute Gasteiger partial charge is 0.0818 e. The molecule has 0 spiro atoms. The van der Waals surface area contributed by atoms with Crippen LogP contribution in [-0.4, -0.2) is 21.2 Å². The van der Waals surface area contributed by atoms with Gasteiger partial charge in [-0.05, 0) is 24.1 Å². The standard InChI is InChI=1S/C12H19NO/c1-5-12(14-4)10-6-8-11(9-7-10)13(2)3/h6-9,12H,5H2,1-4H3/t12-/m1/s1. The highest BCUT2D eigenvalue weighted by atomic mass is 16.5. The van der Waals surface area contributed by atoms with Gasteiger partial charge in [0.05, 0.1) is 6.10 Å². The van der Waals surface area contributed by atoms with Crippen LogP contribution in [-0.2, 0) is 4.74 Å². The minimum atomic E-state index is 0.228. The van der Waals surface area contributed by atoms with E-state index >= 15 is 0 Å². The van der Waals surface area contributed by atoms with E-state index in [1.807, 2.05) is 14.1 Å². The molecule has 1 aromatic rings. The largest absolute Gasteiger partial charge is 0.378 e. The Bertz CT molecular complexity index is 262. The van der Waals surface area contributed by atoms with Crippen molar-refractivity contribution < 1.29 is 4.74 Å². The quantitative estimate of drug-likeness (QED) is 0.729. The van der Waals surface area contributed by atoms with Gasteiger partial charge in [-0.2, -0.15) is 0 Å². The first-order valence-corrected chi connectivity index (χ1v) is 4.99. The SMILES string of the molecule is CC[C@@H](OC)c1ccc(N(C)C)cc1. The summed E-state index contributed by atoms with van der Waals surface area (Å²) in [5.74, 6) is 0. The molecule has 2 nitrogen and oxygen atoms in total. The fourth-order valence-corrected chi connectivity index (χ4v) is 1.53. The van der Waals surface area contributed by atoms with Crippen LogP contribution in [0.5, 0.6) is 0 Å². The highest BCUT2D eigenvalue weighted by Crippen LogP contribution is 2.22. The molecule has 0 bridgehead atoms. The van der Waals surface area contributed by atoms with E-state index in [2.05, 4.69) is 36.1 Å². The summed E-state index contributed by atoms with van der Waals surface area (Å²) in [7, 11) is 5.85. The fraction of sp³-hybridized carbons (Fsp3) is 0.500. The van der Waals surface area contributed by atoms with Crippen molar-refractivity contribution in [2.24, 2.45) is 0 Å². The van der Waals surface area contributed by atoms with Crippen LogP contribution >= 0.6 is 0 Å². The van der Waals surface area contributed by atoms with E-state index in [1.54, 1.807) is 7.11 Å². The molecule has 1 aromatic carbocycles. The number of ether oxygens (including phenoxy) is 1. The maximum Gasteiger partial charge on any atom is 0.0818 e. The zero-order chi connectivity index (χ0) is 10.6. The second kappa shape index (κ2) is 5.01. The van der Waals surface area contributed by atoms with Gasteiger partial charge in [-0.25, -0.2) is 0 Å². The molecule has 0 aliphatic heterocycles. The Morgan fingerprint density at radius 2 is 1.79 bits per heavy atom. The average molecular weight is 193 g/mol. The third-order valence-electron chi connectivity index (χ3n) is 2.44. The number of nitrogens with zero attached hydrogens (tertiary/aromatic N) is 1. The van der Waals surface area contributed by atoms with Gasteiger partial charge in [0.2, 0.25) is 0 Å². The number of benzene rings is 1. The summed E-state index contributed by atoms with van der Waals surface area (Å²) in [6, 6.07) is 8.51. The molecule has 0 radical (unpaired) electrons. The molecular weight excluding hydrogens is 174 g/mol. The third kappa shape index (κ3) is 2.48. The molecule has 0 aliphatic rings. The number of rotatable bonds is 4. The molecule has 14 heavy (non-hydrogen) atoms. The van der Waals surface area contributed by atoms with Gasteiger partial charge in [0, 0.05) is 26.9 Å². The number of hydrogen-bond acceptors (Lipinski definition) is 2. The van der Waals surface area contributed by atoms with Gasteiger partial charge in [-0.3, -0.25) is 0 Å². The van der Waals surface area contributed by atoms with Crippen LogP contribution in [0.2, 0.25) is 0 Å². The van der Waals surface area contributed by atoms with Gasteiger partial charge >= 0.3 is 0 Å². The molecule has 0 unspecified atom stereocenters. The maximum atomic E-state index is 5.37. The normalized spacial score (nSPS) is 12.6. The molecule has 0 aliphatic carbocycles. The lowest BCUT2D eigenvalue weighted by Gasteiger charge is -2.16. The van der Waals surface area contributed by atoms with Crippen LogP contribution < -0.4 is 4.90 Å². The van der Waals surface area contributed by atoms with Crippen molar-refractivity contribution in [2.75, 3.05) is 26.1 Å². The van der Waals surface area contributed by atoms with E-state index in [-0.39, 0.29) is 6.10 Å². The van der Waals surface area contributed by atoms with Crippen LogP contribution in [0.15, 0.2) is 24.3 Å². The molecule has 2 heteroatoms. The van der Waals surface area contributed by atoms with Gasteiger partial charge in [0.25, 0.3) is 0 Å². The Labute approximate surface area is 86.5 Å². The van der Waals surface area contributed by atoms with Crippen molar-refractivity contribution in [1.82, 2.24) is 0 Å². The van der Waals surface area contributed by atoms with E-state index in [4.69, 9.17) is 4.74 Å². The van der Waals surface area contributed by atoms with Gasteiger partial charge < -0.3 is 9.64 Å². The van der Waals surface area contributed by atoms with E-state index < -0.39 is 0 Å². The summed E-state index contributed by atoms with van der Waals surface area (Å²) < 4.78 is 5.37. The van der Waals surface area contributed by atoms with Gasteiger partial charge in [-0.15, -0.1) is 0 Å². The lowest BCUT2D eigenvalue weighted by molar-refractivity contribution is 0.100. The first-order valence-electron chi connectivity index (χ1n) is 4.99. The summed E-state index contributed by atoms with van der Waals surface area (Å²) >= 11 is 0. The minimum absolute atomic E-state index is 0.228. The Balaban J connectivity index is 2.81. The first-order chi connectivity index (χ1) is 6.69. The summed E-state index contributed by atoms with van der Waals surface area (Å²) in [6.45, 7) is 2.13. The van der Waals surface area contributed by atoms with Gasteiger partial charge in [-0.1, -0.05) is 19.1 Å². The molecule has 0 saturated carbocycles. The summed E-state index contributed by atoms with van der Waals surface area (Å²) in [6.07, 6.45) is 1.24. The molecular formula is C12H19NO. The molecule has 1 atom stereocenters. The zero-order valence-electron chi connectivity index (χ0n) is 9.45. The highest BCUT2D eigenvalue weighted by molar-refractivity contribution is 5.46. The van der Waals surface area contributed by atoms with Crippen LogP contribution in [0, 0.1) is 0 Å². The van der Waals surface area contributed by atoms with Crippen LogP contribution in [0.25, 0.3) is 0 Å². The highest BCUT2D eigenvalue weighted by Gasteiger charge is 2.07. The van der Waals surface area contributed by atoms with Crippen molar-refractivity contribution in [3.05, 3.63) is 29.8 Å². The maximum absolute atomic E-state index is 5.37. The third-order valence-corrected chi connectivity index (χ3v) is 2.44. The van der Waals surface area contributed by atoms with Crippen molar-refractivity contribution in [3.8, 4) is 0 Å². The van der Waals surface area contributed by atoms with E-state index in [9.17, 15) is 0 Å². The molecule has 0 heterocycles. The number of anilines is 1. The zero-order valence-corrected chi connectivity index (χ0v) is 9.45. The molecule has 0 amide bonds. The summed E-state index contributed by atoms with van der Waals surface area (Å²) in [5, 5.41) is 0. The van der Waals surface area contributed by atoms with Crippen molar-refractivity contribution in [1.29, 1.82) is 0 Å². The molecule has 0 saturated heterocycles. The first kappa shape index (κ1) is 11.1. The topological polar surface area (TPSA) is 12.5 Å². The number of hydrogen-bond donors (Lipinski definition) is 0. The van der Waals surface area contributed by atoms with Gasteiger partial charge in [0.1, 0.15) is 0 Å². The van der Waals surface area contributed by atoms with E-state index in [0.29, 0.717) is 0 Å². The molecule has 78 valence electrons. The van der Waals surface area contributed by atoms with Crippen molar-refractivity contribution in [2.45, 2.75) is 19.4 Å². The van der Waals surface area contributed by atoms with Crippen LogP contribution in [0.4, 0.5) is 5.69 Å². The predicted molar refractivity (Wildman–Crippen MR) is 60.8 cm³/mol. The van der Waals surface area contributed by atoms with E-state index in [0.717, 1.165) is 6.42 Å². The summed E-state index contributed by atoms with van der Waals surface area (Å²) in [5.41, 5.74) is 2.47. The Hall–Kier alpha value is -1.02. The molecule has 0 aromatic heterocycles. The second-order valence-electron chi connectivity index (χ2n) is 3.62. The minimum Gasteiger partial charge on any atom is -0.378 e. The van der Waals surface area contributed by atoms with Crippen LogP contribution in [0.3, 0.4) is 0 Å². The summed E-state index contributed by atoms with van der Waals surface area (Å²) in [4.78, 5) is 2.09. The Morgan fingerprint density at radius 1 is 1.21 bits per heavy atom. The average Bonchev–Trinajstić information content (AvgIpc) is 2.20. The second-order valence-corrected chi connectivity index (χ2v) is 3.62. The van der Waals surface area contributed by atoms with Crippen LogP contribution in [0.1, 0.15) is 25.0 Å². The lowest BCUT2D eigenvalue weighted by atomic mass is 10.1. The molecule has 1 rings (SSSR count). The molecule has 0 N–H and O–H groups in total. The Kier molecular flexibility index (Phi) is 3.96.